The van der Waals surface area contributed by atoms with Crippen molar-refractivity contribution in [3.63, 3.8) is 0 Å². The van der Waals surface area contributed by atoms with Crippen LogP contribution in [0.4, 0.5) is 0 Å². The van der Waals surface area contributed by atoms with Crippen molar-refractivity contribution in [1.29, 1.82) is 0 Å². The number of methoxy groups -OCH3 is 1. The van der Waals surface area contributed by atoms with E-state index in [-0.39, 0.29) is 0 Å². The van der Waals surface area contributed by atoms with E-state index in [4.69, 9.17) is 4.74 Å². The van der Waals surface area contributed by atoms with Crippen molar-refractivity contribution in [1.82, 2.24) is 0 Å². The number of ether oxygens (including phenoxy) is 1. The van der Waals surface area contributed by atoms with Crippen molar-refractivity contribution in [3.8, 4) is 0 Å². The van der Waals surface area contributed by atoms with E-state index in [1.165, 1.54) is 12.8 Å². The SMILES string of the molecule is COC1[C@H]2C[C@@H]2[C@@H]2C[C@@H]2[C@@H]2C[C@H]12. The van der Waals surface area contributed by atoms with Crippen molar-refractivity contribution in [3.05, 3.63) is 0 Å². The first-order valence-corrected chi connectivity index (χ1v) is 5.43. The second-order valence-electron chi connectivity index (χ2n) is 5.39. The van der Waals surface area contributed by atoms with Crippen molar-refractivity contribution in [2.45, 2.75) is 25.4 Å². The lowest BCUT2D eigenvalue weighted by molar-refractivity contribution is 0.0592. The summed E-state index contributed by atoms with van der Waals surface area (Å²) in [6, 6.07) is 0. The van der Waals surface area contributed by atoms with Crippen LogP contribution in [-0.4, -0.2) is 13.2 Å². The van der Waals surface area contributed by atoms with Crippen molar-refractivity contribution < 1.29 is 4.74 Å². The van der Waals surface area contributed by atoms with Crippen LogP contribution in [-0.2, 0) is 4.74 Å². The summed E-state index contributed by atoms with van der Waals surface area (Å²) >= 11 is 0. The Morgan fingerprint density at radius 3 is 1.67 bits per heavy atom. The topological polar surface area (TPSA) is 9.23 Å². The summed E-state index contributed by atoms with van der Waals surface area (Å²) in [4.78, 5) is 0. The van der Waals surface area contributed by atoms with Gasteiger partial charge in [-0.15, -0.1) is 0 Å². The zero-order valence-corrected chi connectivity index (χ0v) is 7.57. The van der Waals surface area contributed by atoms with E-state index >= 15 is 0 Å². The highest BCUT2D eigenvalue weighted by Gasteiger charge is 2.68. The molecular weight excluding hydrogens is 148 g/mol. The second-order valence-corrected chi connectivity index (χ2v) is 5.39. The summed E-state index contributed by atoms with van der Waals surface area (Å²) in [6.45, 7) is 0. The van der Waals surface area contributed by atoms with Crippen LogP contribution < -0.4 is 0 Å². The molecule has 0 radical (unpaired) electrons. The van der Waals surface area contributed by atoms with Gasteiger partial charge >= 0.3 is 0 Å². The molecule has 66 valence electrons. The van der Waals surface area contributed by atoms with Crippen LogP contribution in [0.3, 0.4) is 0 Å². The molecule has 1 unspecified atom stereocenters. The van der Waals surface area contributed by atoms with Crippen LogP contribution in [0.1, 0.15) is 19.3 Å². The Morgan fingerprint density at radius 2 is 1.17 bits per heavy atom. The molecule has 4 aliphatic carbocycles. The maximum atomic E-state index is 5.65. The minimum Gasteiger partial charge on any atom is -0.381 e. The maximum Gasteiger partial charge on any atom is 0.0633 e. The summed E-state index contributed by atoms with van der Waals surface area (Å²) in [7, 11) is 1.92. The molecular formula is C11H16O. The molecule has 0 heterocycles. The van der Waals surface area contributed by atoms with Gasteiger partial charge in [-0.25, -0.2) is 0 Å². The van der Waals surface area contributed by atoms with Gasteiger partial charge in [-0.1, -0.05) is 0 Å². The van der Waals surface area contributed by atoms with Gasteiger partial charge < -0.3 is 4.74 Å². The third-order valence-corrected chi connectivity index (χ3v) is 4.89. The van der Waals surface area contributed by atoms with Gasteiger partial charge in [0, 0.05) is 7.11 Å². The number of fused-ring (bicyclic) bond motifs is 5. The van der Waals surface area contributed by atoms with Crippen LogP contribution in [0, 0.1) is 35.5 Å². The molecule has 4 rings (SSSR count). The molecule has 12 heavy (non-hydrogen) atoms. The molecule has 0 bridgehead atoms. The first-order chi connectivity index (χ1) is 5.90. The Bertz CT molecular complexity index is 215. The fraction of sp³-hybridized carbons (Fsp3) is 1.00. The lowest BCUT2D eigenvalue weighted by Crippen LogP contribution is -2.17. The highest BCUT2D eigenvalue weighted by atomic mass is 16.5. The second kappa shape index (κ2) is 1.75. The zero-order chi connectivity index (χ0) is 7.87. The fourth-order valence-corrected chi connectivity index (χ4v) is 4.10. The minimum atomic E-state index is 0.674. The molecule has 4 fully saturated rings. The van der Waals surface area contributed by atoms with Gasteiger partial charge in [0.1, 0.15) is 0 Å². The predicted molar refractivity (Wildman–Crippen MR) is 45.6 cm³/mol. The largest absolute Gasteiger partial charge is 0.381 e. The van der Waals surface area contributed by atoms with Crippen molar-refractivity contribution in [2.24, 2.45) is 35.5 Å². The van der Waals surface area contributed by atoms with E-state index in [9.17, 15) is 0 Å². The lowest BCUT2D eigenvalue weighted by Gasteiger charge is -2.13. The first kappa shape index (κ1) is 6.42. The molecule has 0 saturated heterocycles. The number of hydrogen-bond acceptors (Lipinski definition) is 1. The summed E-state index contributed by atoms with van der Waals surface area (Å²) in [5, 5.41) is 0. The van der Waals surface area contributed by atoms with E-state index in [0.717, 1.165) is 35.5 Å². The molecule has 1 heteroatoms. The van der Waals surface area contributed by atoms with Gasteiger partial charge in [-0.3, -0.25) is 0 Å². The van der Waals surface area contributed by atoms with Gasteiger partial charge in [0.05, 0.1) is 6.10 Å². The number of rotatable bonds is 1. The van der Waals surface area contributed by atoms with Gasteiger partial charge in [0.25, 0.3) is 0 Å². The molecule has 1 nitrogen and oxygen atoms in total. The highest BCUT2D eigenvalue weighted by Crippen LogP contribution is 2.72. The summed E-state index contributed by atoms with van der Waals surface area (Å²) < 4.78 is 5.65. The van der Waals surface area contributed by atoms with E-state index in [1.54, 1.807) is 6.42 Å². The van der Waals surface area contributed by atoms with Crippen LogP contribution in [0.25, 0.3) is 0 Å². The Labute approximate surface area is 73.5 Å². The maximum absolute atomic E-state index is 5.65. The molecule has 4 aliphatic rings. The third-order valence-electron chi connectivity index (χ3n) is 4.89. The van der Waals surface area contributed by atoms with E-state index in [1.807, 2.05) is 7.11 Å². The molecule has 0 aromatic rings. The van der Waals surface area contributed by atoms with Gasteiger partial charge in [-0.05, 0) is 54.8 Å². The highest BCUT2D eigenvalue weighted by molar-refractivity contribution is 5.17. The number of hydrogen-bond donors (Lipinski definition) is 0. The molecule has 0 aliphatic heterocycles. The van der Waals surface area contributed by atoms with Crippen molar-refractivity contribution >= 4 is 0 Å². The van der Waals surface area contributed by atoms with Crippen LogP contribution in [0.2, 0.25) is 0 Å². The minimum absolute atomic E-state index is 0.674. The molecule has 0 amide bonds. The molecule has 0 N–H and O–H groups in total. The Balaban J connectivity index is 1.67. The first-order valence-electron chi connectivity index (χ1n) is 5.43. The molecule has 0 aromatic heterocycles. The summed E-state index contributed by atoms with van der Waals surface area (Å²) in [5.41, 5.74) is 0. The summed E-state index contributed by atoms with van der Waals surface area (Å²) in [6.07, 6.45) is 5.26. The Kier molecular flexibility index (Phi) is 0.934. The Hall–Kier alpha value is -0.0400. The third kappa shape index (κ3) is 0.618. The van der Waals surface area contributed by atoms with E-state index in [0.29, 0.717) is 6.10 Å². The van der Waals surface area contributed by atoms with Crippen LogP contribution in [0.15, 0.2) is 0 Å². The molecule has 4 saturated carbocycles. The van der Waals surface area contributed by atoms with Crippen molar-refractivity contribution in [2.75, 3.05) is 7.11 Å². The Morgan fingerprint density at radius 1 is 0.750 bits per heavy atom. The monoisotopic (exact) mass is 164 g/mol. The quantitative estimate of drug-likeness (QED) is 0.575. The lowest BCUT2D eigenvalue weighted by atomic mass is 10.1. The molecule has 7 atom stereocenters. The molecule has 0 aromatic carbocycles. The van der Waals surface area contributed by atoms with Gasteiger partial charge in [-0.2, -0.15) is 0 Å². The molecule has 0 spiro atoms. The van der Waals surface area contributed by atoms with Crippen LogP contribution >= 0.6 is 0 Å². The predicted octanol–water partition coefficient (Wildman–Crippen LogP) is 1.92. The zero-order valence-electron chi connectivity index (χ0n) is 7.57. The fourth-order valence-electron chi connectivity index (χ4n) is 4.10. The average molecular weight is 164 g/mol. The normalized spacial score (nSPS) is 65.8. The van der Waals surface area contributed by atoms with E-state index < -0.39 is 0 Å². The standard InChI is InChI=1S/C11H16O/c1-12-11-9-3-7(9)5-2-6(5)8-4-10(8)11/h5-11H,2-4H2,1H3/t5-,6+,7-,8+,9-,10-,11?/m0/s1. The van der Waals surface area contributed by atoms with Gasteiger partial charge in [0.2, 0.25) is 0 Å². The summed E-state index contributed by atoms with van der Waals surface area (Å²) in [5.74, 6) is 6.50. The smallest absolute Gasteiger partial charge is 0.0633 e. The van der Waals surface area contributed by atoms with Crippen LogP contribution in [0.5, 0.6) is 0 Å². The van der Waals surface area contributed by atoms with Gasteiger partial charge in [0.15, 0.2) is 0 Å². The average Bonchev–Trinajstić information content (AvgIpc) is 2.87. The van der Waals surface area contributed by atoms with E-state index in [2.05, 4.69) is 0 Å².